The molecule has 1 aliphatic heterocycles. The van der Waals surface area contributed by atoms with Gasteiger partial charge in [0.1, 0.15) is 5.75 Å². The third kappa shape index (κ3) is 5.30. The molecule has 0 aliphatic carbocycles. The van der Waals surface area contributed by atoms with Gasteiger partial charge in [-0.15, -0.1) is 0 Å². The van der Waals surface area contributed by atoms with E-state index < -0.39 is 0 Å². The molecule has 1 unspecified atom stereocenters. The van der Waals surface area contributed by atoms with Crippen molar-refractivity contribution in [2.75, 3.05) is 13.7 Å². The summed E-state index contributed by atoms with van der Waals surface area (Å²) < 4.78 is 5.40. The summed E-state index contributed by atoms with van der Waals surface area (Å²) in [6, 6.07) is 17.5. The SMILES string of the molecule is COc1ccc2nccc(CNC3CCCCCN3C=CC(=O)c3ccccc3)c2c1. The maximum atomic E-state index is 12.5. The van der Waals surface area contributed by atoms with Crippen LogP contribution in [0.5, 0.6) is 5.75 Å². The fourth-order valence-corrected chi connectivity index (χ4v) is 4.08. The number of nitrogens with zero attached hydrogens (tertiary/aromatic N) is 2. The zero-order chi connectivity index (χ0) is 21.5. The number of allylic oxidation sites excluding steroid dienone is 1. The highest BCUT2D eigenvalue weighted by atomic mass is 16.5. The van der Waals surface area contributed by atoms with E-state index in [1.54, 1.807) is 13.2 Å². The quantitative estimate of drug-likeness (QED) is 0.438. The Bertz CT molecular complexity index is 1050. The van der Waals surface area contributed by atoms with Gasteiger partial charge in [0.2, 0.25) is 0 Å². The van der Waals surface area contributed by atoms with E-state index in [4.69, 9.17) is 4.74 Å². The molecular weight excluding hydrogens is 386 g/mol. The number of hydrogen-bond acceptors (Lipinski definition) is 5. The van der Waals surface area contributed by atoms with E-state index >= 15 is 0 Å². The number of fused-ring (bicyclic) bond motifs is 1. The molecule has 3 aromatic rings. The molecule has 2 heterocycles. The normalized spacial score (nSPS) is 17.1. The van der Waals surface area contributed by atoms with Crippen LogP contribution in [-0.2, 0) is 6.54 Å². The summed E-state index contributed by atoms with van der Waals surface area (Å²) in [7, 11) is 1.68. The van der Waals surface area contributed by atoms with Crippen molar-refractivity contribution in [2.24, 2.45) is 0 Å². The standard InChI is InChI=1S/C26H29N3O2/c1-31-22-11-12-24-23(18-22)21(13-15-27-24)19-28-26-10-6-3-7-16-29(26)17-14-25(30)20-8-4-2-5-9-20/h2,4-5,8-9,11-15,17-18,26,28H,3,6-7,10,16,19H2,1H3. The van der Waals surface area contributed by atoms with E-state index in [1.807, 2.05) is 60.9 Å². The fourth-order valence-electron chi connectivity index (χ4n) is 4.08. The highest BCUT2D eigenvalue weighted by Crippen LogP contribution is 2.23. The Balaban J connectivity index is 1.49. The summed E-state index contributed by atoms with van der Waals surface area (Å²) in [4.78, 5) is 19.3. The average molecular weight is 416 g/mol. The molecule has 1 saturated heterocycles. The Hall–Kier alpha value is -3.18. The summed E-state index contributed by atoms with van der Waals surface area (Å²) in [5.74, 6) is 0.871. The number of nitrogens with one attached hydrogen (secondary N) is 1. The first-order chi connectivity index (χ1) is 15.2. The van der Waals surface area contributed by atoms with Crippen LogP contribution in [0.2, 0.25) is 0 Å². The van der Waals surface area contributed by atoms with Gasteiger partial charge < -0.3 is 9.64 Å². The Morgan fingerprint density at radius 1 is 1.16 bits per heavy atom. The van der Waals surface area contributed by atoms with E-state index in [1.165, 1.54) is 18.4 Å². The van der Waals surface area contributed by atoms with E-state index in [-0.39, 0.29) is 11.9 Å². The minimum atomic E-state index is 0.0378. The molecule has 1 N–H and O–H groups in total. The molecule has 4 rings (SSSR count). The molecule has 5 nitrogen and oxygen atoms in total. The van der Waals surface area contributed by atoms with Crippen LogP contribution < -0.4 is 10.1 Å². The number of benzene rings is 2. The number of hydrogen-bond donors (Lipinski definition) is 1. The van der Waals surface area contributed by atoms with Gasteiger partial charge in [-0.1, -0.05) is 36.8 Å². The highest BCUT2D eigenvalue weighted by Gasteiger charge is 2.18. The Kier molecular flexibility index (Phi) is 6.95. The molecule has 0 radical (unpaired) electrons. The molecular formula is C26H29N3O2. The number of carbonyl (C=O) groups excluding carboxylic acids is 1. The number of methoxy groups -OCH3 is 1. The van der Waals surface area contributed by atoms with Gasteiger partial charge in [0, 0.05) is 42.5 Å². The van der Waals surface area contributed by atoms with Gasteiger partial charge in [0.25, 0.3) is 0 Å². The molecule has 160 valence electrons. The van der Waals surface area contributed by atoms with Crippen LogP contribution in [0.3, 0.4) is 0 Å². The van der Waals surface area contributed by atoms with Crippen LogP contribution in [0, 0.1) is 0 Å². The lowest BCUT2D eigenvalue weighted by Gasteiger charge is -2.30. The van der Waals surface area contributed by atoms with Gasteiger partial charge in [-0.2, -0.15) is 0 Å². The summed E-state index contributed by atoms with van der Waals surface area (Å²) in [6.07, 6.45) is 10.3. The molecule has 0 saturated carbocycles. The first kappa shape index (κ1) is 21.1. The van der Waals surface area contributed by atoms with Crippen LogP contribution in [-0.4, -0.2) is 35.5 Å². The monoisotopic (exact) mass is 415 g/mol. The van der Waals surface area contributed by atoms with Gasteiger partial charge >= 0.3 is 0 Å². The molecule has 31 heavy (non-hydrogen) atoms. The molecule has 0 spiro atoms. The Labute approximate surface area is 183 Å². The number of ether oxygens (including phenoxy) is 1. The van der Waals surface area contributed by atoms with Crippen molar-refractivity contribution in [3.63, 3.8) is 0 Å². The molecule has 5 heteroatoms. The van der Waals surface area contributed by atoms with E-state index in [0.717, 1.165) is 48.1 Å². The lowest BCUT2D eigenvalue weighted by molar-refractivity contribution is 0.104. The number of ketones is 1. The van der Waals surface area contributed by atoms with Crippen molar-refractivity contribution in [1.29, 1.82) is 0 Å². The van der Waals surface area contributed by atoms with Gasteiger partial charge in [0.05, 0.1) is 18.8 Å². The van der Waals surface area contributed by atoms with E-state index in [9.17, 15) is 4.79 Å². The second-order valence-electron chi connectivity index (χ2n) is 7.88. The fraction of sp³-hybridized carbons (Fsp3) is 0.308. The van der Waals surface area contributed by atoms with E-state index in [0.29, 0.717) is 0 Å². The second-order valence-corrected chi connectivity index (χ2v) is 7.88. The molecule has 2 aromatic carbocycles. The van der Waals surface area contributed by atoms with Gasteiger partial charge in [0.15, 0.2) is 5.78 Å². The molecule has 0 amide bonds. The summed E-state index contributed by atoms with van der Waals surface area (Å²) in [6.45, 7) is 1.68. The van der Waals surface area contributed by atoms with Crippen molar-refractivity contribution in [3.8, 4) is 5.75 Å². The lowest BCUT2D eigenvalue weighted by atomic mass is 10.1. The number of carbonyl (C=O) groups is 1. The minimum absolute atomic E-state index is 0.0378. The predicted molar refractivity (Wildman–Crippen MR) is 124 cm³/mol. The number of rotatable bonds is 7. The summed E-state index contributed by atoms with van der Waals surface area (Å²) >= 11 is 0. The number of likely N-dealkylation sites (tertiary alicyclic amines) is 1. The van der Waals surface area contributed by atoms with Crippen LogP contribution >= 0.6 is 0 Å². The maximum absolute atomic E-state index is 12.5. The second kappa shape index (κ2) is 10.2. The predicted octanol–water partition coefficient (Wildman–Crippen LogP) is 4.93. The first-order valence-corrected chi connectivity index (χ1v) is 10.9. The molecule has 1 aromatic heterocycles. The Morgan fingerprint density at radius 2 is 2.03 bits per heavy atom. The van der Waals surface area contributed by atoms with Gasteiger partial charge in [-0.05, 0) is 49.1 Å². The molecule has 1 aliphatic rings. The number of aromatic nitrogens is 1. The molecule has 0 bridgehead atoms. The Morgan fingerprint density at radius 3 is 2.87 bits per heavy atom. The molecule has 1 atom stereocenters. The first-order valence-electron chi connectivity index (χ1n) is 10.9. The van der Waals surface area contributed by atoms with Gasteiger partial charge in [-0.25, -0.2) is 0 Å². The van der Waals surface area contributed by atoms with Crippen molar-refractivity contribution in [2.45, 2.75) is 38.4 Å². The van der Waals surface area contributed by atoms with Crippen molar-refractivity contribution in [1.82, 2.24) is 15.2 Å². The van der Waals surface area contributed by atoms with Crippen molar-refractivity contribution in [3.05, 3.63) is 84.2 Å². The van der Waals surface area contributed by atoms with Crippen molar-refractivity contribution >= 4 is 16.7 Å². The van der Waals surface area contributed by atoms with Crippen molar-refractivity contribution < 1.29 is 9.53 Å². The topological polar surface area (TPSA) is 54.5 Å². The zero-order valence-corrected chi connectivity index (χ0v) is 18.0. The third-order valence-corrected chi connectivity index (χ3v) is 5.84. The highest BCUT2D eigenvalue weighted by molar-refractivity contribution is 6.04. The van der Waals surface area contributed by atoms with Crippen LogP contribution in [0.4, 0.5) is 0 Å². The lowest BCUT2D eigenvalue weighted by Crippen LogP contribution is -2.42. The summed E-state index contributed by atoms with van der Waals surface area (Å²) in [5.41, 5.74) is 2.87. The summed E-state index contributed by atoms with van der Waals surface area (Å²) in [5, 5.41) is 4.82. The number of pyridine rings is 1. The minimum Gasteiger partial charge on any atom is -0.497 e. The van der Waals surface area contributed by atoms with Crippen LogP contribution in [0.1, 0.15) is 41.6 Å². The van der Waals surface area contributed by atoms with Crippen LogP contribution in [0.15, 0.2) is 73.1 Å². The zero-order valence-electron chi connectivity index (χ0n) is 18.0. The smallest absolute Gasteiger partial charge is 0.187 e. The maximum Gasteiger partial charge on any atom is 0.187 e. The third-order valence-electron chi connectivity index (χ3n) is 5.84. The van der Waals surface area contributed by atoms with Crippen LogP contribution in [0.25, 0.3) is 10.9 Å². The largest absolute Gasteiger partial charge is 0.497 e. The molecule has 1 fully saturated rings. The average Bonchev–Trinajstić information content (AvgIpc) is 3.06. The van der Waals surface area contributed by atoms with Gasteiger partial charge in [-0.3, -0.25) is 15.1 Å². The van der Waals surface area contributed by atoms with E-state index in [2.05, 4.69) is 21.3 Å².